The van der Waals surface area contributed by atoms with Crippen molar-refractivity contribution in [3.63, 3.8) is 0 Å². The summed E-state index contributed by atoms with van der Waals surface area (Å²) in [6.07, 6.45) is 7.10. The van der Waals surface area contributed by atoms with Gasteiger partial charge in [-0.2, -0.15) is 0 Å². The quantitative estimate of drug-likeness (QED) is 0.661. The number of carboxylic acids is 1. The third-order valence-corrected chi connectivity index (χ3v) is 3.20. The van der Waals surface area contributed by atoms with Gasteiger partial charge in [0.15, 0.2) is 0 Å². The molecule has 14 heavy (non-hydrogen) atoms. The molecule has 80 valence electrons. The van der Waals surface area contributed by atoms with Crippen molar-refractivity contribution in [1.82, 2.24) is 0 Å². The zero-order valence-electron chi connectivity index (χ0n) is 9.18. The minimum atomic E-state index is -0.715. The van der Waals surface area contributed by atoms with Crippen molar-refractivity contribution in [3.05, 3.63) is 11.1 Å². The van der Waals surface area contributed by atoms with E-state index in [0.29, 0.717) is 11.5 Å². The van der Waals surface area contributed by atoms with E-state index in [1.165, 1.54) is 32.1 Å². The lowest BCUT2D eigenvalue weighted by molar-refractivity contribution is -0.133. The molecule has 0 aromatic rings. The third-order valence-electron chi connectivity index (χ3n) is 3.20. The fraction of sp³-hybridized carbons (Fsp3) is 0.750. The average molecular weight is 196 g/mol. The van der Waals surface area contributed by atoms with Crippen LogP contribution in [0.1, 0.15) is 52.4 Å². The molecule has 0 aromatic carbocycles. The highest BCUT2D eigenvalue weighted by molar-refractivity contribution is 5.89. The maximum Gasteiger partial charge on any atom is 0.331 e. The van der Waals surface area contributed by atoms with Gasteiger partial charge >= 0.3 is 5.97 Å². The Balaban J connectivity index is 2.22. The van der Waals surface area contributed by atoms with Gasteiger partial charge in [0.1, 0.15) is 0 Å². The van der Waals surface area contributed by atoms with Gasteiger partial charge < -0.3 is 5.11 Å². The van der Waals surface area contributed by atoms with Crippen molar-refractivity contribution in [3.8, 4) is 0 Å². The number of hydrogen-bond donors (Lipinski definition) is 1. The molecule has 0 saturated carbocycles. The monoisotopic (exact) mass is 196 g/mol. The Morgan fingerprint density at radius 3 is 2.64 bits per heavy atom. The van der Waals surface area contributed by atoms with Crippen molar-refractivity contribution < 1.29 is 9.90 Å². The summed E-state index contributed by atoms with van der Waals surface area (Å²) in [6, 6.07) is 0. The number of carbonyl (C=O) groups is 1. The van der Waals surface area contributed by atoms with Crippen LogP contribution in [0.3, 0.4) is 0 Å². The number of allylic oxidation sites excluding steroid dienone is 1. The Morgan fingerprint density at radius 2 is 2.14 bits per heavy atom. The lowest BCUT2D eigenvalue weighted by Gasteiger charge is -2.29. The molecule has 0 heterocycles. The van der Waals surface area contributed by atoms with Gasteiger partial charge in [0, 0.05) is 5.57 Å². The lowest BCUT2D eigenvalue weighted by Crippen LogP contribution is -2.22. The Bertz CT molecular complexity index is 241. The molecular weight excluding hydrogens is 176 g/mol. The van der Waals surface area contributed by atoms with E-state index in [9.17, 15) is 4.79 Å². The predicted octanol–water partition coefficient (Wildman–Crippen LogP) is 3.38. The van der Waals surface area contributed by atoms with E-state index in [4.69, 9.17) is 5.11 Å². The van der Waals surface area contributed by atoms with E-state index >= 15 is 0 Å². The van der Waals surface area contributed by atoms with Gasteiger partial charge in [0.2, 0.25) is 0 Å². The largest absolute Gasteiger partial charge is 0.478 e. The molecule has 1 rings (SSSR count). The minimum absolute atomic E-state index is 0.568. The maximum absolute atomic E-state index is 10.7. The van der Waals surface area contributed by atoms with E-state index in [1.807, 2.05) is 6.92 Å². The fourth-order valence-corrected chi connectivity index (χ4v) is 2.07. The maximum atomic E-state index is 10.7. The summed E-state index contributed by atoms with van der Waals surface area (Å²) in [7, 11) is 0. The van der Waals surface area contributed by atoms with Crippen molar-refractivity contribution in [2.45, 2.75) is 52.4 Å². The molecule has 2 heteroatoms. The molecule has 1 atom stereocenters. The zero-order chi connectivity index (χ0) is 10.6. The molecule has 1 aliphatic carbocycles. The standard InChI is InChI=1S/C12H20O2/c1-3-4-5-6-7-10-8-11(9(10)2)12(13)14/h10H,3-8H2,1-2H3,(H,13,14). The molecule has 0 aromatic heterocycles. The minimum Gasteiger partial charge on any atom is -0.478 e. The summed E-state index contributed by atoms with van der Waals surface area (Å²) >= 11 is 0. The van der Waals surface area contributed by atoms with Crippen molar-refractivity contribution >= 4 is 5.97 Å². The molecule has 2 nitrogen and oxygen atoms in total. The molecule has 0 saturated heterocycles. The Morgan fingerprint density at radius 1 is 1.43 bits per heavy atom. The molecule has 0 fully saturated rings. The molecule has 0 bridgehead atoms. The second kappa shape index (κ2) is 5.18. The van der Waals surface area contributed by atoms with Crippen LogP contribution in [0.25, 0.3) is 0 Å². The van der Waals surface area contributed by atoms with Gasteiger partial charge in [-0.05, 0) is 25.7 Å². The average Bonchev–Trinajstić information content (AvgIpc) is 2.14. The molecular formula is C12H20O2. The number of carboxylic acid groups (broad SMARTS) is 1. The Labute approximate surface area is 86.0 Å². The summed E-state index contributed by atoms with van der Waals surface area (Å²) in [5.41, 5.74) is 1.78. The lowest BCUT2D eigenvalue weighted by atomic mass is 9.75. The van der Waals surface area contributed by atoms with E-state index in [0.717, 1.165) is 12.0 Å². The first-order valence-electron chi connectivity index (χ1n) is 5.59. The molecule has 1 aliphatic rings. The SMILES string of the molecule is CCCCCCC1CC(C(=O)O)=C1C. The van der Waals surface area contributed by atoms with Gasteiger partial charge in [-0.3, -0.25) is 0 Å². The number of hydrogen-bond acceptors (Lipinski definition) is 1. The number of unbranched alkanes of at least 4 members (excludes halogenated alkanes) is 3. The van der Waals surface area contributed by atoms with Crippen LogP contribution < -0.4 is 0 Å². The smallest absolute Gasteiger partial charge is 0.331 e. The van der Waals surface area contributed by atoms with Gasteiger partial charge in [0.25, 0.3) is 0 Å². The van der Waals surface area contributed by atoms with E-state index in [1.54, 1.807) is 0 Å². The second-order valence-electron chi connectivity index (χ2n) is 4.22. The van der Waals surface area contributed by atoms with Gasteiger partial charge in [-0.15, -0.1) is 0 Å². The molecule has 0 spiro atoms. The van der Waals surface area contributed by atoms with Gasteiger partial charge in [-0.25, -0.2) is 4.79 Å². The first-order valence-corrected chi connectivity index (χ1v) is 5.59. The summed E-state index contributed by atoms with van der Waals surface area (Å²) in [5.74, 6) is -0.148. The third kappa shape index (κ3) is 2.60. The van der Waals surface area contributed by atoms with Gasteiger partial charge in [-0.1, -0.05) is 38.2 Å². The van der Waals surface area contributed by atoms with E-state index in [2.05, 4.69) is 6.92 Å². The van der Waals surface area contributed by atoms with Crippen LogP contribution in [-0.2, 0) is 4.79 Å². The first-order chi connectivity index (χ1) is 6.66. The van der Waals surface area contributed by atoms with E-state index in [-0.39, 0.29) is 0 Å². The van der Waals surface area contributed by atoms with Crippen LogP contribution in [-0.4, -0.2) is 11.1 Å². The van der Waals surface area contributed by atoms with Crippen LogP contribution in [0.5, 0.6) is 0 Å². The topological polar surface area (TPSA) is 37.3 Å². The number of rotatable bonds is 6. The summed E-state index contributed by atoms with van der Waals surface area (Å²) in [4.78, 5) is 10.7. The van der Waals surface area contributed by atoms with Crippen molar-refractivity contribution in [2.75, 3.05) is 0 Å². The fourth-order valence-electron chi connectivity index (χ4n) is 2.07. The zero-order valence-corrected chi connectivity index (χ0v) is 9.18. The highest BCUT2D eigenvalue weighted by Gasteiger charge is 2.29. The predicted molar refractivity (Wildman–Crippen MR) is 57.2 cm³/mol. The van der Waals surface area contributed by atoms with E-state index < -0.39 is 5.97 Å². The molecule has 0 radical (unpaired) electrons. The molecule has 0 amide bonds. The van der Waals surface area contributed by atoms with Crippen LogP contribution in [0, 0.1) is 5.92 Å². The van der Waals surface area contributed by atoms with Crippen LogP contribution in [0.4, 0.5) is 0 Å². The number of aliphatic carboxylic acids is 1. The Hall–Kier alpha value is -0.790. The molecule has 1 N–H and O–H groups in total. The summed E-state index contributed by atoms with van der Waals surface area (Å²) in [5, 5.41) is 8.77. The second-order valence-corrected chi connectivity index (χ2v) is 4.22. The van der Waals surface area contributed by atoms with Crippen LogP contribution in [0.15, 0.2) is 11.1 Å². The highest BCUT2D eigenvalue weighted by atomic mass is 16.4. The molecule has 0 aliphatic heterocycles. The van der Waals surface area contributed by atoms with Crippen LogP contribution in [0.2, 0.25) is 0 Å². The highest BCUT2D eigenvalue weighted by Crippen LogP contribution is 2.37. The first kappa shape index (κ1) is 11.3. The molecule has 1 unspecified atom stereocenters. The van der Waals surface area contributed by atoms with Gasteiger partial charge in [0.05, 0.1) is 0 Å². The normalized spacial score (nSPS) is 20.9. The van der Waals surface area contributed by atoms with Crippen LogP contribution >= 0.6 is 0 Å². The summed E-state index contributed by atoms with van der Waals surface area (Å²) in [6.45, 7) is 4.18. The summed E-state index contributed by atoms with van der Waals surface area (Å²) < 4.78 is 0. The van der Waals surface area contributed by atoms with Crippen molar-refractivity contribution in [2.24, 2.45) is 5.92 Å². The van der Waals surface area contributed by atoms with Crippen molar-refractivity contribution in [1.29, 1.82) is 0 Å². The Kier molecular flexibility index (Phi) is 4.18.